The van der Waals surface area contributed by atoms with Crippen LogP contribution in [-0.4, -0.2) is 18.3 Å². The van der Waals surface area contributed by atoms with Gasteiger partial charge in [0.25, 0.3) is 0 Å². The second-order valence-corrected chi connectivity index (χ2v) is 6.43. The maximum Gasteiger partial charge on any atom is 0.138 e. The van der Waals surface area contributed by atoms with Gasteiger partial charge in [-0.05, 0) is 43.9 Å². The Hall–Kier alpha value is -0.930. The SMILES string of the molecule is Nc1ccc(OCC2CCC3(CCCCC3)O2)c(Cl)c1. The molecule has 2 aliphatic rings. The first-order valence-electron chi connectivity index (χ1n) is 7.53. The molecule has 1 aromatic rings. The van der Waals surface area contributed by atoms with Crippen LogP contribution < -0.4 is 10.5 Å². The van der Waals surface area contributed by atoms with Gasteiger partial charge in [0.1, 0.15) is 12.4 Å². The minimum absolute atomic E-state index is 0.150. The molecule has 1 saturated heterocycles. The number of hydrogen-bond donors (Lipinski definition) is 1. The molecule has 1 aliphatic heterocycles. The van der Waals surface area contributed by atoms with Crippen LogP contribution >= 0.6 is 11.6 Å². The standard InChI is InChI=1S/C16H22ClNO2/c17-14-10-12(18)4-5-15(14)19-11-13-6-9-16(20-13)7-2-1-3-8-16/h4-5,10,13H,1-3,6-9,11,18H2. The fraction of sp³-hybridized carbons (Fsp3) is 0.625. The summed E-state index contributed by atoms with van der Waals surface area (Å²) in [6.45, 7) is 0.575. The summed E-state index contributed by atoms with van der Waals surface area (Å²) in [4.78, 5) is 0. The molecule has 1 spiro atoms. The van der Waals surface area contributed by atoms with Crippen LogP contribution in [0.2, 0.25) is 5.02 Å². The molecule has 0 aromatic heterocycles. The minimum atomic E-state index is 0.150. The molecule has 3 nitrogen and oxygen atoms in total. The Balaban J connectivity index is 1.54. The highest BCUT2D eigenvalue weighted by molar-refractivity contribution is 6.32. The highest BCUT2D eigenvalue weighted by Crippen LogP contribution is 2.42. The summed E-state index contributed by atoms with van der Waals surface area (Å²) >= 11 is 6.11. The molecule has 1 aliphatic carbocycles. The smallest absolute Gasteiger partial charge is 0.138 e. The number of halogens is 1. The van der Waals surface area contributed by atoms with Gasteiger partial charge < -0.3 is 15.2 Å². The first kappa shape index (κ1) is 14.0. The number of benzene rings is 1. The Kier molecular flexibility index (Phi) is 4.08. The van der Waals surface area contributed by atoms with E-state index < -0.39 is 0 Å². The van der Waals surface area contributed by atoms with E-state index in [2.05, 4.69) is 0 Å². The van der Waals surface area contributed by atoms with Crippen LogP contribution in [0.3, 0.4) is 0 Å². The first-order chi connectivity index (χ1) is 9.67. The van der Waals surface area contributed by atoms with Gasteiger partial charge >= 0.3 is 0 Å². The van der Waals surface area contributed by atoms with Crippen molar-refractivity contribution in [2.24, 2.45) is 0 Å². The molecule has 2 N–H and O–H groups in total. The summed E-state index contributed by atoms with van der Waals surface area (Å²) in [6, 6.07) is 5.34. The van der Waals surface area contributed by atoms with Crippen LogP contribution in [0.1, 0.15) is 44.9 Å². The number of ether oxygens (including phenoxy) is 2. The van der Waals surface area contributed by atoms with E-state index in [-0.39, 0.29) is 11.7 Å². The molecular weight excluding hydrogens is 274 g/mol. The normalized spacial score (nSPS) is 24.9. The van der Waals surface area contributed by atoms with Crippen molar-refractivity contribution < 1.29 is 9.47 Å². The van der Waals surface area contributed by atoms with Gasteiger partial charge in [-0.1, -0.05) is 30.9 Å². The van der Waals surface area contributed by atoms with E-state index in [1.165, 1.54) is 38.5 Å². The predicted molar refractivity (Wildman–Crippen MR) is 81.3 cm³/mol. The zero-order chi connectivity index (χ0) is 14.0. The second kappa shape index (κ2) is 5.82. The van der Waals surface area contributed by atoms with Gasteiger partial charge in [-0.15, -0.1) is 0 Å². The minimum Gasteiger partial charge on any atom is -0.489 e. The third-order valence-corrected chi connectivity index (χ3v) is 4.78. The van der Waals surface area contributed by atoms with Crippen molar-refractivity contribution >= 4 is 17.3 Å². The van der Waals surface area contributed by atoms with Crippen LogP contribution in [0.5, 0.6) is 5.75 Å². The highest BCUT2D eigenvalue weighted by atomic mass is 35.5. The van der Waals surface area contributed by atoms with E-state index >= 15 is 0 Å². The predicted octanol–water partition coefficient (Wildman–Crippen LogP) is 4.18. The van der Waals surface area contributed by atoms with Crippen LogP contribution in [0.15, 0.2) is 18.2 Å². The number of nitrogen functional groups attached to an aromatic ring is 1. The fourth-order valence-corrected chi connectivity index (χ4v) is 3.64. The molecule has 1 saturated carbocycles. The largest absolute Gasteiger partial charge is 0.489 e. The molecule has 3 rings (SSSR count). The van der Waals surface area contributed by atoms with Crippen molar-refractivity contribution in [1.82, 2.24) is 0 Å². The van der Waals surface area contributed by atoms with Crippen molar-refractivity contribution in [2.45, 2.75) is 56.7 Å². The molecule has 1 aromatic carbocycles. The van der Waals surface area contributed by atoms with Gasteiger partial charge in [-0.25, -0.2) is 0 Å². The van der Waals surface area contributed by atoms with Gasteiger partial charge in [0.15, 0.2) is 0 Å². The first-order valence-corrected chi connectivity index (χ1v) is 7.90. The number of rotatable bonds is 3. The molecule has 2 fully saturated rings. The van der Waals surface area contributed by atoms with Crippen LogP contribution in [0.25, 0.3) is 0 Å². The third-order valence-electron chi connectivity index (χ3n) is 4.48. The maximum atomic E-state index is 6.28. The molecule has 1 heterocycles. The molecule has 0 bridgehead atoms. The Morgan fingerprint density at radius 2 is 2.05 bits per heavy atom. The summed E-state index contributed by atoms with van der Waals surface area (Å²) in [6.07, 6.45) is 8.85. The van der Waals surface area contributed by atoms with E-state index in [4.69, 9.17) is 26.8 Å². The van der Waals surface area contributed by atoms with Crippen LogP contribution in [0, 0.1) is 0 Å². The molecule has 0 radical (unpaired) electrons. The average Bonchev–Trinajstić information content (AvgIpc) is 2.82. The van der Waals surface area contributed by atoms with E-state index in [1.54, 1.807) is 12.1 Å². The van der Waals surface area contributed by atoms with E-state index in [1.807, 2.05) is 6.07 Å². The lowest BCUT2D eigenvalue weighted by Crippen LogP contribution is -2.32. The monoisotopic (exact) mass is 295 g/mol. The zero-order valence-electron chi connectivity index (χ0n) is 11.7. The lowest BCUT2D eigenvalue weighted by atomic mass is 9.83. The van der Waals surface area contributed by atoms with Crippen molar-refractivity contribution in [3.63, 3.8) is 0 Å². The molecule has 1 atom stereocenters. The maximum absolute atomic E-state index is 6.28. The Morgan fingerprint density at radius 1 is 1.25 bits per heavy atom. The lowest BCUT2D eigenvalue weighted by molar-refractivity contribution is -0.0748. The zero-order valence-corrected chi connectivity index (χ0v) is 12.5. The summed E-state index contributed by atoms with van der Waals surface area (Å²) in [5.74, 6) is 0.689. The topological polar surface area (TPSA) is 44.5 Å². The second-order valence-electron chi connectivity index (χ2n) is 6.02. The van der Waals surface area contributed by atoms with Gasteiger partial charge in [0.05, 0.1) is 16.7 Å². The molecule has 4 heteroatoms. The molecule has 20 heavy (non-hydrogen) atoms. The average molecular weight is 296 g/mol. The Morgan fingerprint density at radius 3 is 2.80 bits per heavy atom. The molecule has 110 valence electrons. The van der Waals surface area contributed by atoms with Crippen molar-refractivity contribution in [3.05, 3.63) is 23.2 Å². The fourth-order valence-electron chi connectivity index (χ4n) is 3.39. The van der Waals surface area contributed by atoms with Crippen LogP contribution in [0.4, 0.5) is 5.69 Å². The van der Waals surface area contributed by atoms with Crippen molar-refractivity contribution in [1.29, 1.82) is 0 Å². The summed E-state index contributed by atoms with van der Waals surface area (Å²) < 4.78 is 12.1. The van der Waals surface area contributed by atoms with Crippen molar-refractivity contribution in [3.8, 4) is 5.75 Å². The van der Waals surface area contributed by atoms with E-state index in [9.17, 15) is 0 Å². The van der Waals surface area contributed by atoms with Gasteiger partial charge in [-0.3, -0.25) is 0 Å². The summed E-state index contributed by atoms with van der Waals surface area (Å²) in [5, 5.41) is 0.565. The van der Waals surface area contributed by atoms with E-state index in [0.29, 0.717) is 23.1 Å². The number of nitrogens with two attached hydrogens (primary N) is 1. The van der Waals surface area contributed by atoms with E-state index in [0.717, 1.165) is 6.42 Å². The van der Waals surface area contributed by atoms with Gasteiger partial charge in [0, 0.05) is 5.69 Å². The number of anilines is 1. The summed E-state index contributed by atoms with van der Waals surface area (Å²) in [7, 11) is 0. The number of hydrogen-bond acceptors (Lipinski definition) is 3. The molecular formula is C16H22ClNO2. The third kappa shape index (κ3) is 3.04. The summed E-state index contributed by atoms with van der Waals surface area (Å²) in [5.41, 5.74) is 6.48. The lowest BCUT2D eigenvalue weighted by Gasteiger charge is -2.33. The Labute approximate surface area is 125 Å². The highest BCUT2D eigenvalue weighted by Gasteiger charge is 2.40. The quantitative estimate of drug-likeness (QED) is 0.851. The van der Waals surface area contributed by atoms with Gasteiger partial charge in [0.2, 0.25) is 0 Å². The van der Waals surface area contributed by atoms with Gasteiger partial charge in [-0.2, -0.15) is 0 Å². The van der Waals surface area contributed by atoms with Crippen molar-refractivity contribution in [2.75, 3.05) is 12.3 Å². The molecule has 1 unspecified atom stereocenters. The van der Waals surface area contributed by atoms with Crippen LogP contribution in [-0.2, 0) is 4.74 Å². The molecule has 0 amide bonds. The Bertz CT molecular complexity index is 472.